The van der Waals surface area contributed by atoms with E-state index in [2.05, 4.69) is 45.1 Å². The van der Waals surface area contributed by atoms with E-state index in [9.17, 15) is 0 Å². The molecule has 0 aliphatic heterocycles. The highest BCUT2D eigenvalue weighted by Crippen LogP contribution is 2.54. The minimum atomic E-state index is 0.184. The quantitative estimate of drug-likeness (QED) is 0.491. The van der Waals surface area contributed by atoms with E-state index in [-0.39, 0.29) is 5.41 Å². The first-order valence-corrected chi connectivity index (χ1v) is 12.1. The Morgan fingerprint density at radius 1 is 0.800 bits per heavy atom. The summed E-state index contributed by atoms with van der Waals surface area (Å²) in [4.78, 5) is 0. The van der Waals surface area contributed by atoms with Crippen LogP contribution in [0.5, 0.6) is 11.5 Å². The van der Waals surface area contributed by atoms with Gasteiger partial charge in [-0.1, -0.05) is 64.7 Å². The van der Waals surface area contributed by atoms with Gasteiger partial charge < -0.3 is 9.47 Å². The van der Waals surface area contributed by atoms with Crippen LogP contribution < -0.4 is 9.47 Å². The summed E-state index contributed by atoms with van der Waals surface area (Å²) >= 11 is 0. The van der Waals surface area contributed by atoms with Crippen molar-refractivity contribution in [3.63, 3.8) is 0 Å². The summed E-state index contributed by atoms with van der Waals surface area (Å²) in [6, 6.07) is 2.48. The second-order valence-electron chi connectivity index (χ2n) is 10.7. The molecular formula is C28H40O2. The van der Waals surface area contributed by atoms with E-state index in [0.29, 0.717) is 17.8 Å². The molecule has 0 bridgehead atoms. The third kappa shape index (κ3) is 3.95. The average molecular weight is 409 g/mol. The Hall–Kier alpha value is -1.70. The Bertz CT molecular complexity index is 770. The van der Waals surface area contributed by atoms with Gasteiger partial charge in [-0.15, -0.1) is 0 Å². The van der Waals surface area contributed by atoms with Gasteiger partial charge in [-0.25, -0.2) is 0 Å². The van der Waals surface area contributed by atoms with Crippen molar-refractivity contribution < 1.29 is 9.47 Å². The zero-order valence-electron chi connectivity index (χ0n) is 19.7. The van der Waals surface area contributed by atoms with E-state index >= 15 is 0 Å². The smallest absolute Gasteiger partial charge is 0.133 e. The predicted molar refractivity (Wildman–Crippen MR) is 127 cm³/mol. The average Bonchev–Trinajstić information content (AvgIpc) is 3.45. The number of allylic oxidation sites excluding steroid dienone is 4. The van der Waals surface area contributed by atoms with Crippen LogP contribution in [0.4, 0.5) is 0 Å². The maximum absolute atomic E-state index is 6.22. The van der Waals surface area contributed by atoms with Crippen molar-refractivity contribution in [1.82, 2.24) is 0 Å². The van der Waals surface area contributed by atoms with E-state index in [1.807, 2.05) is 14.2 Å². The van der Waals surface area contributed by atoms with E-state index < -0.39 is 0 Å². The SMILES string of the molecule is COc1c(C2CCCC2)cc(C2CCCC2)c(OC)c1C1=CC=CC[C@H]1C(C)(C)C. The van der Waals surface area contributed by atoms with Crippen LogP contribution in [0, 0.1) is 11.3 Å². The monoisotopic (exact) mass is 408 g/mol. The fourth-order valence-corrected chi connectivity index (χ4v) is 6.18. The van der Waals surface area contributed by atoms with E-state index in [0.717, 1.165) is 17.9 Å². The van der Waals surface area contributed by atoms with Crippen LogP contribution in [0.1, 0.15) is 107 Å². The Morgan fingerprint density at radius 3 is 1.73 bits per heavy atom. The van der Waals surface area contributed by atoms with Crippen molar-refractivity contribution in [2.24, 2.45) is 11.3 Å². The molecule has 0 heterocycles. The van der Waals surface area contributed by atoms with Gasteiger partial charge in [-0.05, 0) is 78.0 Å². The number of hydrogen-bond acceptors (Lipinski definition) is 2. The molecule has 2 saturated carbocycles. The summed E-state index contributed by atoms with van der Waals surface area (Å²) in [6.45, 7) is 7.09. The lowest BCUT2D eigenvalue weighted by molar-refractivity contribution is 0.301. The molecule has 2 heteroatoms. The Kier molecular flexibility index (Phi) is 6.32. The van der Waals surface area contributed by atoms with Gasteiger partial charge in [0.1, 0.15) is 11.5 Å². The molecule has 0 amide bonds. The maximum atomic E-state index is 6.22. The Morgan fingerprint density at radius 2 is 1.30 bits per heavy atom. The number of benzene rings is 1. The largest absolute Gasteiger partial charge is 0.496 e. The van der Waals surface area contributed by atoms with E-state index in [1.54, 1.807) is 0 Å². The molecule has 0 radical (unpaired) electrons. The van der Waals surface area contributed by atoms with Gasteiger partial charge in [0.15, 0.2) is 0 Å². The molecule has 1 aromatic carbocycles. The highest BCUT2D eigenvalue weighted by atomic mass is 16.5. The van der Waals surface area contributed by atoms with Crippen molar-refractivity contribution in [3.05, 3.63) is 41.0 Å². The minimum Gasteiger partial charge on any atom is -0.496 e. The standard InChI is InChI=1S/C28H40O2/c1-28(2,3)24-17-11-10-16-21(24)25-26(29-4)22(19-12-6-7-13-19)18-23(27(25)30-5)20-14-8-9-15-20/h10-11,16,18-20,24H,6-9,12-15,17H2,1-5H3/t24-/m1/s1. The molecule has 2 nitrogen and oxygen atoms in total. The molecule has 2 fully saturated rings. The van der Waals surface area contributed by atoms with E-state index in [4.69, 9.17) is 9.47 Å². The van der Waals surface area contributed by atoms with Gasteiger partial charge in [0, 0.05) is 0 Å². The second-order valence-corrected chi connectivity index (χ2v) is 10.7. The lowest BCUT2D eigenvalue weighted by Crippen LogP contribution is -2.23. The number of hydrogen-bond donors (Lipinski definition) is 0. The van der Waals surface area contributed by atoms with Crippen molar-refractivity contribution in [2.75, 3.05) is 14.2 Å². The van der Waals surface area contributed by atoms with Gasteiger partial charge >= 0.3 is 0 Å². The topological polar surface area (TPSA) is 18.5 Å². The molecule has 1 aromatic rings. The molecule has 0 aromatic heterocycles. The van der Waals surface area contributed by atoms with Crippen molar-refractivity contribution in [1.29, 1.82) is 0 Å². The first-order chi connectivity index (χ1) is 14.5. The lowest BCUT2D eigenvalue weighted by atomic mass is 9.69. The summed E-state index contributed by atoms with van der Waals surface area (Å²) in [5, 5.41) is 0. The molecule has 30 heavy (non-hydrogen) atoms. The van der Waals surface area contributed by atoms with Crippen LogP contribution in [-0.2, 0) is 0 Å². The van der Waals surface area contributed by atoms with Crippen LogP contribution >= 0.6 is 0 Å². The highest BCUT2D eigenvalue weighted by Gasteiger charge is 2.36. The number of methoxy groups -OCH3 is 2. The molecule has 0 unspecified atom stereocenters. The molecule has 3 aliphatic carbocycles. The fraction of sp³-hybridized carbons (Fsp3) is 0.643. The van der Waals surface area contributed by atoms with Gasteiger partial charge in [0.25, 0.3) is 0 Å². The van der Waals surface area contributed by atoms with Crippen LogP contribution in [0.15, 0.2) is 24.3 Å². The third-order valence-electron chi connectivity index (χ3n) is 7.78. The first-order valence-electron chi connectivity index (χ1n) is 12.1. The minimum absolute atomic E-state index is 0.184. The van der Waals surface area contributed by atoms with Gasteiger partial charge in [0.05, 0.1) is 19.8 Å². The van der Waals surface area contributed by atoms with E-state index in [1.165, 1.54) is 73.6 Å². The van der Waals surface area contributed by atoms with Gasteiger partial charge in [0.2, 0.25) is 0 Å². The zero-order valence-corrected chi connectivity index (χ0v) is 19.7. The predicted octanol–water partition coefficient (Wildman–Crippen LogP) is 8.02. The summed E-state index contributed by atoms with van der Waals surface area (Å²) in [5.74, 6) is 3.86. The zero-order chi connectivity index (χ0) is 21.3. The van der Waals surface area contributed by atoms with Crippen LogP contribution in [-0.4, -0.2) is 14.2 Å². The number of rotatable bonds is 5. The normalized spacial score (nSPS) is 23.1. The maximum Gasteiger partial charge on any atom is 0.133 e. The molecule has 1 atom stereocenters. The molecule has 0 N–H and O–H groups in total. The molecular weight excluding hydrogens is 368 g/mol. The fourth-order valence-electron chi connectivity index (χ4n) is 6.18. The Labute approximate surface area is 183 Å². The van der Waals surface area contributed by atoms with Crippen LogP contribution in [0.3, 0.4) is 0 Å². The number of ether oxygens (including phenoxy) is 2. The van der Waals surface area contributed by atoms with Gasteiger partial charge in [-0.2, -0.15) is 0 Å². The Balaban J connectivity index is 1.96. The highest BCUT2D eigenvalue weighted by molar-refractivity contribution is 5.82. The lowest BCUT2D eigenvalue weighted by Gasteiger charge is -2.36. The molecule has 164 valence electrons. The molecule has 3 aliphatic rings. The summed E-state index contributed by atoms with van der Waals surface area (Å²) < 4.78 is 12.4. The summed E-state index contributed by atoms with van der Waals surface area (Å²) in [5.41, 5.74) is 5.71. The first kappa shape index (κ1) is 21.5. The molecule has 0 saturated heterocycles. The summed E-state index contributed by atoms with van der Waals surface area (Å²) in [7, 11) is 3.72. The van der Waals surface area contributed by atoms with Crippen molar-refractivity contribution >= 4 is 5.57 Å². The second kappa shape index (κ2) is 8.81. The van der Waals surface area contributed by atoms with Crippen LogP contribution in [0.25, 0.3) is 5.57 Å². The molecule has 0 spiro atoms. The third-order valence-corrected chi connectivity index (χ3v) is 7.78. The van der Waals surface area contributed by atoms with Crippen molar-refractivity contribution in [3.8, 4) is 11.5 Å². The summed E-state index contributed by atoms with van der Waals surface area (Å²) in [6.07, 6.45) is 18.4. The van der Waals surface area contributed by atoms with Gasteiger partial charge in [-0.3, -0.25) is 0 Å². The van der Waals surface area contributed by atoms with Crippen molar-refractivity contribution in [2.45, 2.75) is 90.4 Å². The molecule has 4 rings (SSSR count). The van der Waals surface area contributed by atoms with Crippen LogP contribution in [0.2, 0.25) is 0 Å².